The van der Waals surface area contributed by atoms with Crippen LogP contribution >= 0.6 is 0 Å². The number of carbonyl (C=O) groups is 1. The molecule has 0 aromatic rings. The van der Waals surface area contributed by atoms with Gasteiger partial charge in [-0.3, -0.25) is 4.79 Å². The van der Waals surface area contributed by atoms with Gasteiger partial charge in [-0.05, 0) is 26.8 Å². The highest BCUT2D eigenvalue weighted by molar-refractivity contribution is 5.78. The van der Waals surface area contributed by atoms with Crippen molar-refractivity contribution in [3.8, 4) is 0 Å². The maximum absolute atomic E-state index is 12.0. The molecule has 5 heteroatoms. The third kappa shape index (κ3) is 3.67. The summed E-state index contributed by atoms with van der Waals surface area (Å²) in [6, 6.07) is 0.268. The fourth-order valence-corrected chi connectivity index (χ4v) is 2.54. The number of piperazine rings is 1. The molecule has 0 bridgehead atoms. The summed E-state index contributed by atoms with van der Waals surface area (Å²) in [6.45, 7) is 7.07. The van der Waals surface area contributed by atoms with E-state index in [1.807, 2.05) is 4.90 Å². The summed E-state index contributed by atoms with van der Waals surface area (Å²) in [5, 5.41) is 3.30. The van der Waals surface area contributed by atoms with Crippen molar-refractivity contribution in [2.24, 2.45) is 0 Å². The lowest BCUT2D eigenvalue weighted by molar-refractivity contribution is -0.132. The molecule has 0 aliphatic carbocycles. The van der Waals surface area contributed by atoms with E-state index in [0.717, 1.165) is 45.6 Å². The van der Waals surface area contributed by atoms with Gasteiger partial charge in [-0.2, -0.15) is 0 Å². The van der Waals surface area contributed by atoms with Crippen molar-refractivity contribution in [1.82, 2.24) is 15.1 Å². The zero-order valence-electron chi connectivity index (χ0n) is 11.5. The summed E-state index contributed by atoms with van der Waals surface area (Å²) in [7, 11) is 2.10. The minimum absolute atomic E-state index is 0.216. The molecule has 2 atom stereocenters. The van der Waals surface area contributed by atoms with E-state index in [2.05, 4.69) is 24.2 Å². The standard InChI is InChI=1S/C13H25N3O2/c1-11(12-4-3-9-18-12)14-10-13(17)16-7-5-15(2)6-8-16/h11-12,14H,3-10H2,1-2H3. The van der Waals surface area contributed by atoms with E-state index in [1.54, 1.807) is 0 Å². The van der Waals surface area contributed by atoms with E-state index in [1.165, 1.54) is 0 Å². The van der Waals surface area contributed by atoms with Crippen LogP contribution in [0.5, 0.6) is 0 Å². The number of amides is 1. The molecule has 104 valence electrons. The zero-order valence-corrected chi connectivity index (χ0v) is 11.5. The lowest BCUT2D eigenvalue weighted by Gasteiger charge is -2.33. The van der Waals surface area contributed by atoms with Gasteiger partial charge in [-0.15, -0.1) is 0 Å². The molecule has 2 saturated heterocycles. The fourth-order valence-electron chi connectivity index (χ4n) is 2.54. The van der Waals surface area contributed by atoms with Gasteiger partial charge in [0.05, 0.1) is 12.6 Å². The zero-order chi connectivity index (χ0) is 13.0. The SMILES string of the molecule is CC(NCC(=O)N1CCN(C)CC1)C1CCCO1. The lowest BCUT2D eigenvalue weighted by Crippen LogP contribution is -2.51. The largest absolute Gasteiger partial charge is 0.377 e. The van der Waals surface area contributed by atoms with Crippen molar-refractivity contribution in [2.45, 2.75) is 31.9 Å². The van der Waals surface area contributed by atoms with Crippen LogP contribution in [0.1, 0.15) is 19.8 Å². The summed E-state index contributed by atoms with van der Waals surface area (Å²) in [5.74, 6) is 0.216. The molecular formula is C13H25N3O2. The molecule has 1 N–H and O–H groups in total. The van der Waals surface area contributed by atoms with Crippen LogP contribution in [0.4, 0.5) is 0 Å². The number of rotatable bonds is 4. The number of ether oxygens (including phenoxy) is 1. The summed E-state index contributed by atoms with van der Waals surface area (Å²) >= 11 is 0. The minimum Gasteiger partial charge on any atom is -0.377 e. The topological polar surface area (TPSA) is 44.8 Å². The van der Waals surface area contributed by atoms with Gasteiger partial charge in [0, 0.05) is 38.8 Å². The Morgan fingerprint density at radius 2 is 2.11 bits per heavy atom. The summed E-state index contributed by atoms with van der Waals surface area (Å²) < 4.78 is 5.61. The molecule has 2 aliphatic rings. The van der Waals surface area contributed by atoms with E-state index in [-0.39, 0.29) is 18.1 Å². The fraction of sp³-hybridized carbons (Fsp3) is 0.923. The summed E-state index contributed by atoms with van der Waals surface area (Å²) in [4.78, 5) is 16.2. The second-order valence-corrected chi connectivity index (χ2v) is 5.41. The normalized spacial score (nSPS) is 27.4. The first-order chi connectivity index (χ1) is 8.66. The molecular weight excluding hydrogens is 230 g/mol. The Kier molecular flexibility index (Phi) is 4.97. The van der Waals surface area contributed by atoms with Crippen molar-refractivity contribution in [2.75, 3.05) is 46.4 Å². The van der Waals surface area contributed by atoms with Gasteiger partial charge in [-0.1, -0.05) is 0 Å². The Morgan fingerprint density at radius 3 is 2.72 bits per heavy atom. The van der Waals surface area contributed by atoms with Gasteiger partial charge in [0.2, 0.25) is 5.91 Å². The molecule has 18 heavy (non-hydrogen) atoms. The van der Waals surface area contributed by atoms with Crippen LogP contribution in [-0.2, 0) is 9.53 Å². The smallest absolute Gasteiger partial charge is 0.236 e. The second kappa shape index (κ2) is 6.50. The molecule has 2 fully saturated rings. The number of nitrogens with zero attached hydrogens (tertiary/aromatic N) is 2. The first-order valence-electron chi connectivity index (χ1n) is 6.98. The molecule has 1 amide bonds. The van der Waals surface area contributed by atoms with Crippen molar-refractivity contribution in [3.05, 3.63) is 0 Å². The van der Waals surface area contributed by atoms with E-state index < -0.39 is 0 Å². The van der Waals surface area contributed by atoms with E-state index in [9.17, 15) is 4.79 Å². The maximum Gasteiger partial charge on any atom is 0.236 e. The number of nitrogens with one attached hydrogen (secondary N) is 1. The van der Waals surface area contributed by atoms with E-state index in [0.29, 0.717) is 6.54 Å². The van der Waals surface area contributed by atoms with Gasteiger partial charge in [0.25, 0.3) is 0 Å². The van der Waals surface area contributed by atoms with Crippen molar-refractivity contribution < 1.29 is 9.53 Å². The predicted octanol–water partition coefficient (Wildman–Crippen LogP) is -0.0825. The molecule has 0 aromatic heterocycles. The van der Waals surface area contributed by atoms with Crippen molar-refractivity contribution in [3.63, 3.8) is 0 Å². The number of hydrogen-bond donors (Lipinski definition) is 1. The van der Waals surface area contributed by atoms with Crippen LogP contribution in [0.3, 0.4) is 0 Å². The molecule has 5 nitrogen and oxygen atoms in total. The first-order valence-corrected chi connectivity index (χ1v) is 6.98. The third-order valence-electron chi connectivity index (χ3n) is 3.95. The molecule has 2 rings (SSSR count). The highest BCUT2D eigenvalue weighted by Gasteiger charge is 2.24. The molecule has 0 saturated carbocycles. The quantitative estimate of drug-likeness (QED) is 0.763. The predicted molar refractivity (Wildman–Crippen MR) is 70.5 cm³/mol. The average molecular weight is 255 g/mol. The number of carbonyl (C=O) groups excluding carboxylic acids is 1. The average Bonchev–Trinajstić information content (AvgIpc) is 2.90. The third-order valence-corrected chi connectivity index (χ3v) is 3.95. The van der Waals surface area contributed by atoms with Crippen LogP contribution in [0.2, 0.25) is 0 Å². The Hall–Kier alpha value is -0.650. The minimum atomic E-state index is 0.216. The molecule has 2 unspecified atom stereocenters. The Morgan fingerprint density at radius 1 is 1.39 bits per heavy atom. The van der Waals surface area contributed by atoms with Gasteiger partial charge in [-0.25, -0.2) is 0 Å². The van der Waals surface area contributed by atoms with E-state index >= 15 is 0 Å². The lowest BCUT2D eigenvalue weighted by atomic mass is 10.1. The number of likely N-dealkylation sites (N-methyl/N-ethyl adjacent to an activating group) is 1. The molecule has 2 heterocycles. The van der Waals surface area contributed by atoms with Crippen LogP contribution < -0.4 is 5.32 Å². The van der Waals surface area contributed by atoms with Gasteiger partial charge < -0.3 is 19.9 Å². The monoisotopic (exact) mass is 255 g/mol. The highest BCUT2D eigenvalue weighted by atomic mass is 16.5. The Bertz CT molecular complexity index is 271. The second-order valence-electron chi connectivity index (χ2n) is 5.41. The summed E-state index contributed by atoms with van der Waals surface area (Å²) in [6.07, 6.45) is 2.53. The molecule has 2 aliphatic heterocycles. The van der Waals surface area contributed by atoms with Gasteiger partial charge in [0.15, 0.2) is 0 Å². The molecule has 0 spiro atoms. The van der Waals surface area contributed by atoms with Gasteiger partial charge >= 0.3 is 0 Å². The highest BCUT2D eigenvalue weighted by Crippen LogP contribution is 2.15. The van der Waals surface area contributed by atoms with Crippen LogP contribution in [0.15, 0.2) is 0 Å². The van der Waals surface area contributed by atoms with Crippen LogP contribution in [-0.4, -0.2) is 74.2 Å². The maximum atomic E-state index is 12.0. The number of hydrogen-bond acceptors (Lipinski definition) is 4. The Balaban J connectivity index is 1.67. The summed E-state index contributed by atoms with van der Waals surface area (Å²) in [5.41, 5.74) is 0. The van der Waals surface area contributed by atoms with Crippen molar-refractivity contribution in [1.29, 1.82) is 0 Å². The van der Waals surface area contributed by atoms with Gasteiger partial charge in [0.1, 0.15) is 0 Å². The van der Waals surface area contributed by atoms with E-state index in [4.69, 9.17) is 4.74 Å². The first kappa shape index (κ1) is 13.8. The molecule has 0 radical (unpaired) electrons. The van der Waals surface area contributed by atoms with Crippen LogP contribution in [0.25, 0.3) is 0 Å². The van der Waals surface area contributed by atoms with Crippen molar-refractivity contribution >= 4 is 5.91 Å². The Labute approximate surface area is 109 Å². The molecule has 0 aromatic carbocycles. The van der Waals surface area contributed by atoms with Crippen LogP contribution in [0, 0.1) is 0 Å².